The number of carbonyl (C=O) groups excluding carboxylic acids is 2. The fraction of sp³-hybridized carbons (Fsp3) is 0.583. The third-order valence-electron chi connectivity index (χ3n) is 2.53. The summed E-state index contributed by atoms with van der Waals surface area (Å²) in [6, 6.07) is -0.447. The van der Waals surface area contributed by atoms with Gasteiger partial charge in [0, 0.05) is 19.0 Å². The van der Waals surface area contributed by atoms with Gasteiger partial charge in [0.05, 0.1) is 23.3 Å². The molecule has 0 spiro atoms. The minimum absolute atomic E-state index is 0.0382. The maximum atomic E-state index is 11.7. The first-order valence-electron chi connectivity index (χ1n) is 5.99. The maximum absolute atomic E-state index is 11.7. The highest BCUT2D eigenvalue weighted by Gasteiger charge is 2.16. The molecule has 0 bridgehead atoms. The van der Waals surface area contributed by atoms with Gasteiger partial charge in [-0.2, -0.15) is 0 Å². The first-order chi connectivity index (χ1) is 8.81. The Morgan fingerprint density at radius 1 is 1.37 bits per heavy atom. The second kappa shape index (κ2) is 6.51. The van der Waals surface area contributed by atoms with E-state index in [2.05, 4.69) is 15.6 Å². The van der Waals surface area contributed by atoms with E-state index in [-0.39, 0.29) is 24.5 Å². The molecule has 2 N–H and O–H groups in total. The third-order valence-corrected chi connectivity index (χ3v) is 3.44. The molecule has 3 amide bonds. The van der Waals surface area contributed by atoms with Gasteiger partial charge >= 0.3 is 6.03 Å². The molecule has 1 unspecified atom stereocenters. The van der Waals surface area contributed by atoms with Crippen molar-refractivity contribution in [1.82, 2.24) is 20.5 Å². The highest BCUT2D eigenvalue weighted by Crippen LogP contribution is 2.22. The first kappa shape index (κ1) is 15.4. The van der Waals surface area contributed by atoms with Crippen molar-refractivity contribution >= 4 is 23.3 Å². The summed E-state index contributed by atoms with van der Waals surface area (Å²) >= 11 is 1.61. The summed E-state index contributed by atoms with van der Waals surface area (Å²) in [5.41, 5.74) is 0.884. The number of thiazole rings is 1. The smallest absolute Gasteiger partial charge is 0.317 e. The summed E-state index contributed by atoms with van der Waals surface area (Å²) in [6.07, 6.45) is 0. The number of hydrogen-bond donors (Lipinski definition) is 2. The van der Waals surface area contributed by atoms with Gasteiger partial charge in [-0.25, -0.2) is 9.78 Å². The van der Waals surface area contributed by atoms with Crippen molar-refractivity contribution in [2.75, 3.05) is 20.6 Å². The lowest BCUT2D eigenvalue weighted by atomic mass is 10.2. The molecule has 1 aromatic heterocycles. The molecular weight excluding hydrogens is 264 g/mol. The molecule has 0 saturated carbocycles. The Labute approximate surface area is 117 Å². The summed E-state index contributed by atoms with van der Waals surface area (Å²) in [7, 11) is 3.24. The fourth-order valence-corrected chi connectivity index (χ4v) is 2.54. The Morgan fingerprint density at radius 2 is 2.00 bits per heavy atom. The molecule has 0 fully saturated rings. The van der Waals surface area contributed by atoms with Crippen molar-refractivity contribution in [2.24, 2.45) is 0 Å². The minimum atomic E-state index is -0.288. The van der Waals surface area contributed by atoms with E-state index in [1.807, 2.05) is 20.8 Å². The Kier molecular flexibility index (Phi) is 5.29. The van der Waals surface area contributed by atoms with Crippen LogP contribution in [0, 0.1) is 13.8 Å². The molecule has 106 valence electrons. The van der Waals surface area contributed by atoms with E-state index in [9.17, 15) is 9.59 Å². The lowest BCUT2D eigenvalue weighted by molar-refractivity contribution is -0.120. The third kappa shape index (κ3) is 4.51. The second-order valence-electron chi connectivity index (χ2n) is 4.52. The number of nitrogens with zero attached hydrogens (tertiary/aromatic N) is 2. The van der Waals surface area contributed by atoms with Crippen molar-refractivity contribution in [3.05, 3.63) is 15.6 Å². The molecule has 1 aromatic rings. The van der Waals surface area contributed by atoms with E-state index in [0.29, 0.717) is 0 Å². The zero-order valence-electron chi connectivity index (χ0n) is 11.9. The van der Waals surface area contributed by atoms with Gasteiger partial charge in [0.25, 0.3) is 0 Å². The molecule has 1 atom stereocenters. The van der Waals surface area contributed by atoms with E-state index < -0.39 is 0 Å². The van der Waals surface area contributed by atoms with E-state index in [0.717, 1.165) is 15.6 Å². The molecule has 0 aliphatic rings. The van der Waals surface area contributed by atoms with E-state index in [1.165, 1.54) is 4.90 Å². The highest BCUT2D eigenvalue weighted by molar-refractivity contribution is 7.11. The molecule has 0 aliphatic heterocycles. The quantitative estimate of drug-likeness (QED) is 0.872. The van der Waals surface area contributed by atoms with Crippen LogP contribution in [0.1, 0.15) is 28.5 Å². The lowest BCUT2D eigenvalue weighted by Crippen LogP contribution is -2.42. The monoisotopic (exact) mass is 284 g/mol. The minimum Gasteiger partial charge on any atom is -0.346 e. The maximum Gasteiger partial charge on any atom is 0.317 e. The molecule has 19 heavy (non-hydrogen) atoms. The average molecular weight is 284 g/mol. The van der Waals surface area contributed by atoms with Gasteiger partial charge < -0.3 is 15.5 Å². The SMILES string of the molecule is Cc1nc(C(C)NC(=O)CNC(=O)N(C)C)c(C)s1. The second-order valence-corrected chi connectivity index (χ2v) is 5.92. The summed E-state index contributed by atoms with van der Waals surface area (Å²) in [6.45, 7) is 5.76. The zero-order chi connectivity index (χ0) is 14.6. The Bertz CT molecular complexity index is 470. The van der Waals surface area contributed by atoms with Gasteiger partial charge in [-0.05, 0) is 20.8 Å². The van der Waals surface area contributed by atoms with Gasteiger partial charge in [-0.15, -0.1) is 11.3 Å². The van der Waals surface area contributed by atoms with Crippen molar-refractivity contribution in [2.45, 2.75) is 26.8 Å². The average Bonchev–Trinajstić information content (AvgIpc) is 2.65. The molecule has 0 aliphatic carbocycles. The first-order valence-corrected chi connectivity index (χ1v) is 6.81. The van der Waals surface area contributed by atoms with E-state index >= 15 is 0 Å². The van der Waals surface area contributed by atoms with Crippen LogP contribution in [0.2, 0.25) is 0 Å². The molecule has 0 radical (unpaired) electrons. The van der Waals surface area contributed by atoms with Crippen molar-refractivity contribution in [3.8, 4) is 0 Å². The van der Waals surface area contributed by atoms with Crippen LogP contribution in [0.5, 0.6) is 0 Å². The number of urea groups is 1. The summed E-state index contributed by atoms with van der Waals surface area (Å²) in [4.78, 5) is 29.9. The van der Waals surface area contributed by atoms with Crippen LogP contribution in [0.4, 0.5) is 4.79 Å². The number of aryl methyl sites for hydroxylation is 2. The van der Waals surface area contributed by atoms with Gasteiger partial charge in [0.2, 0.25) is 5.91 Å². The van der Waals surface area contributed by atoms with Crippen LogP contribution in [0.15, 0.2) is 0 Å². The van der Waals surface area contributed by atoms with Gasteiger partial charge in [0.15, 0.2) is 0 Å². The summed E-state index contributed by atoms with van der Waals surface area (Å²) in [5.74, 6) is -0.229. The van der Waals surface area contributed by atoms with Crippen molar-refractivity contribution in [3.63, 3.8) is 0 Å². The van der Waals surface area contributed by atoms with Crippen LogP contribution < -0.4 is 10.6 Å². The molecule has 0 aromatic carbocycles. The molecule has 1 rings (SSSR count). The lowest BCUT2D eigenvalue weighted by Gasteiger charge is -2.15. The van der Waals surface area contributed by atoms with Crippen molar-refractivity contribution < 1.29 is 9.59 Å². The number of amides is 3. The zero-order valence-corrected chi connectivity index (χ0v) is 12.7. The number of aromatic nitrogens is 1. The van der Waals surface area contributed by atoms with Crippen molar-refractivity contribution in [1.29, 1.82) is 0 Å². The molecule has 6 nitrogen and oxygen atoms in total. The molecular formula is C12H20N4O2S. The Morgan fingerprint density at radius 3 is 2.47 bits per heavy atom. The Hall–Kier alpha value is -1.63. The number of hydrogen-bond acceptors (Lipinski definition) is 4. The molecule has 1 heterocycles. The summed E-state index contributed by atoms with van der Waals surface area (Å²) < 4.78 is 0. The fourth-order valence-electron chi connectivity index (χ4n) is 1.62. The van der Waals surface area contributed by atoms with Crippen LogP contribution in [-0.4, -0.2) is 42.5 Å². The standard InChI is InChI=1S/C12H20N4O2S/c1-7(11-8(2)19-9(3)15-11)14-10(17)6-13-12(18)16(4)5/h7H,6H2,1-5H3,(H,13,18)(H,14,17). The van der Waals surface area contributed by atoms with Crippen LogP contribution in [-0.2, 0) is 4.79 Å². The summed E-state index contributed by atoms with van der Waals surface area (Å²) in [5, 5.41) is 6.31. The molecule has 0 saturated heterocycles. The highest BCUT2D eigenvalue weighted by atomic mass is 32.1. The predicted octanol–water partition coefficient (Wildman–Crippen LogP) is 1.21. The van der Waals surface area contributed by atoms with E-state index in [1.54, 1.807) is 25.4 Å². The van der Waals surface area contributed by atoms with Gasteiger partial charge in [0.1, 0.15) is 0 Å². The largest absolute Gasteiger partial charge is 0.346 e. The predicted molar refractivity (Wildman–Crippen MR) is 75.2 cm³/mol. The van der Waals surface area contributed by atoms with Crippen LogP contribution in [0.25, 0.3) is 0 Å². The van der Waals surface area contributed by atoms with E-state index in [4.69, 9.17) is 0 Å². The van der Waals surface area contributed by atoms with Crippen LogP contribution in [0.3, 0.4) is 0 Å². The normalized spacial score (nSPS) is 11.8. The van der Waals surface area contributed by atoms with Gasteiger partial charge in [-0.1, -0.05) is 0 Å². The van der Waals surface area contributed by atoms with Gasteiger partial charge in [-0.3, -0.25) is 4.79 Å². The van der Waals surface area contributed by atoms with Crippen LogP contribution >= 0.6 is 11.3 Å². The number of nitrogens with one attached hydrogen (secondary N) is 2. The number of rotatable bonds is 4. The molecule has 7 heteroatoms. The number of carbonyl (C=O) groups is 2. The topological polar surface area (TPSA) is 74.3 Å². The Balaban J connectivity index is 2.48.